The van der Waals surface area contributed by atoms with Crippen LogP contribution in [0.5, 0.6) is 0 Å². The van der Waals surface area contributed by atoms with Crippen LogP contribution in [-0.4, -0.2) is 21.5 Å². The van der Waals surface area contributed by atoms with Gasteiger partial charge in [-0.1, -0.05) is 13.8 Å². The van der Waals surface area contributed by atoms with Gasteiger partial charge in [-0.05, 0) is 18.2 Å². The maximum absolute atomic E-state index is 13.7. The zero-order valence-corrected chi connectivity index (χ0v) is 12.0. The molecule has 0 bridgehead atoms. The summed E-state index contributed by atoms with van der Waals surface area (Å²) in [5.41, 5.74) is 6.39. The van der Waals surface area contributed by atoms with Crippen molar-refractivity contribution < 1.29 is 8.78 Å². The Hall–Kier alpha value is -0.260. The predicted octanol–water partition coefficient (Wildman–Crippen LogP) is 3.59. The number of hydrogen-bond donors (Lipinski definition) is 1. The van der Waals surface area contributed by atoms with Crippen molar-refractivity contribution in [3.63, 3.8) is 0 Å². The molecular weight excluding hydrogens is 272 g/mol. The molecule has 1 aliphatic rings. The molecule has 0 aromatic heterocycles. The van der Waals surface area contributed by atoms with Crippen molar-refractivity contribution in [3.8, 4) is 0 Å². The van der Waals surface area contributed by atoms with E-state index in [1.807, 2.05) is 11.8 Å². The van der Waals surface area contributed by atoms with Crippen LogP contribution in [0.1, 0.15) is 25.5 Å². The van der Waals surface area contributed by atoms with E-state index in [4.69, 9.17) is 5.73 Å². The van der Waals surface area contributed by atoms with E-state index in [1.54, 1.807) is 11.8 Å². The van der Waals surface area contributed by atoms with Crippen LogP contribution in [0.3, 0.4) is 0 Å². The van der Waals surface area contributed by atoms with Crippen LogP contribution in [0.25, 0.3) is 0 Å². The molecule has 100 valence electrons. The quantitative estimate of drug-likeness (QED) is 0.901. The number of benzene rings is 1. The lowest BCUT2D eigenvalue weighted by molar-refractivity contribution is 0.560. The van der Waals surface area contributed by atoms with Crippen LogP contribution in [0.4, 0.5) is 8.78 Å². The van der Waals surface area contributed by atoms with Gasteiger partial charge >= 0.3 is 0 Å². The zero-order chi connectivity index (χ0) is 13.3. The van der Waals surface area contributed by atoms with Gasteiger partial charge in [0.1, 0.15) is 11.6 Å². The van der Waals surface area contributed by atoms with E-state index in [0.717, 1.165) is 17.9 Å². The van der Waals surface area contributed by atoms with Gasteiger partial charge in [0.05, 0.1) is 0 Å². The fraction of sp³-hybridized carbons (Fsp3) is 0.538. The van der Waals surface area contributed by atoms with Gasteiger partial charge in [0.15, 0.2) is 0 Å². The van der Waals surface area contributed by atoms with E-state index in [-0.39, 0.29) is 10.8 Å². The minimum atomic E-state index is -0.451. The molecule has 1 nitrogen and oxygen atoms in total. The van der Waals surface area contributed by atoms with Crippen LogP contribution in [0.2, 0.25) is 0 Å². The Bertz CT molecular complexity index is 427. The number of halogens is 2. The lowest BCUT2D eigenvalue weighted by atomic mass is 10.0. The molecule has 1 aromatic carbocycles. The summed E-state index contributed by atoms with van der Waals surface area (Å²) in [5.74, 6) is 0.0327. The molecule has 2 rings (SSSR count). The first kappa shape index (κ1) is 14.2. The Labute approximate surface area is 115 Å². The van der Waals surface area contributed by atoms with Gasteiger partial charge in [0.25, 0.3) is 0 Å². The summed E-state index contributed by atoms with van der Waals surface area (Å²) in [5, 5.41) is 1.20. The Morgan fingerprint density at radius 1 is 1.28 bits per heavy atom. The van der Waals surface area contributed by atoms with Crippen molar-refractivity contribution in [1.82, 2.24) is 0 Å². The van der Waals surface area contributed by atoms with Crippen molar-refractivity contribution >= 4 is 23.5 Å². The van der Waals surface area contributed by atoms with Gasteiger partial charge in [-0.3, -0.25) is 0 Å². The smallest absolute Gasteiger partial charge is 0.128 e. The second kappa shape index (κ2) is 5.80. The topological polar surface area (TPSA) is 26.0 Å². The first-order valence-electron chi connectivity index (χ1n) is 5.96. The fourth-order valence-electron chi connectivity index (χ4n) is 1.97. The number of thioether (sulfide) groups is 2. The first-order chi connectivity index (χ1) is 8.49. The molecule has 0 saturated carbocycles. The van der Waals surface area contributed by atoms with Gasteiger partial charge in [0, 0.05) is 33.1 Å². The molecule has 1 fully saturated rings. The van der Waals surface area contributed by atoms with Crippen LogP contribution in [-0.2, 0) is 0 Å². The first-order valence-corrected chi connectivity index (χ1v) is 7.95. The molecule has 0 amide bonds. The molecule has 4 unspecified atom stereocenters. The van der Waals surface area contributed by atoms with Crippen molar-refractivity contribution in [1.29, 1.82) is 0 Å². The maximum atomic E-state index is 13.7. The van der Waals surface area contributed by atoms with Crippen molar-refractivity contribution in [3.05, 3.63) is 35.4 Å². The summed E-state index contributed by atoms with van der Waals surface area (Å²) >= 11 is 3.63. The molecule has 1 saturated heterocycles. The summed E-state index contributed by atoms with van der Waals surface area (Å²) in [7, 11) is 0. The Balaban J connectivity index is 2.16. The molecule has 0 spiro atoms. The third-order valence-corrected chi connectivity index (χ3v) is 6.81. The van der Waals surface area contributed by atoms with Crippen LogP contribution >= 0.6 is 23.5 Å². The maximum Gasteiger partial charge on any atom is 0.128 e. The molecule has 18 heavy (non-hydrogen) atoms. The molecule has 0 radical (unpaired) electrons. The van der Waals surface area contributed by atoms with Gasteiger partial charge < -0.3 is 5.73 Å². The number of rotatable bonds is 2. The summed E-state index contributed by atoms with van der Waals surface area (Å²) in [4.78, 5) is 0. The molecular formula is C13H17F2NS2. The summed E-state index contributed by atoms with van der Waals surface area (Å²) < 4.78 is 26.9. The third-order valence-electron chi connectivity index (χ3n) is 3.29. The van der Waals surface area contributed by atoms with E-state index >= 15 is 0 Å². The Morgan fingerprint density at radius 3 is 2.67 bits per heavy atom. The number of nitrogens with two attached hydrogens (primary N) is 1. The Morgan fingerprint density at radius 2 is 2.00 bits per heavy atom. The lowest BCUT2D eigenvalue weighted by Gasteiger charge is -2.34. The van der Waals surface area contributed by atoms with Gasteiger partial charge in [0.2, 0.25) is 0 Å². The van der Waals surface area contributed by atoms with Gasteiger partial charge in [-0.2, -0.15) is 23.5 Å². The second-order valence-electron chi connectivity index (χ2n) is 4.61. The summed E-state index contributed by atoms with van der Waals surface area (Å²) in [6.45, 7) is 4.34. The Kier molecular flexibility index (Phi) is 4.56. The highest BCUT2D eigenvalue weighted by Crippen LogP contribution is 2.40. The molecule has 5 heteroatoms. The van der Waals surface area contributed by atoms with E-state index in [2.05, 4.69) is 13.8 Å². The standard InChI is InChI=1S/C13H17F2NS2/c1-7-8(2)18-12(6-17-7)13(16)10-5-9(14)3-4-11(10)15/h3-5,7-8,12-13H,6,16H2,1-2H3. The molecule has 4 atom stereocenters. The minimum Gasteiger partial charge on any atom is -0.323 e. The summed E-state index contributed by atoms with van der Waals surface area (Å²) in [6, 6.07) is 3.04. The summed E-state index contributed by atoms with van der Waals surface area (Å²) in [6.07, 6.45) is 0. The highest BCUT2D eigenvalue weighted by Gasteiger charge is 2.31. The van der Waals surface area contributed by atoms with Crippen LogP contribution in [0, 0.1) is 11.6 Å². The van der Waals surface area contributed by atoms with Crippen molar-refractivity contribution in [2.45, 2.75) is 35.6 Å². The normalized spacial score (nSPS) is 30.2. The average molecular weight is 289 g/mol. The number of hydrogen-bond acceptors (Lipinski definition) is 3. The predicted molar refractivity (Wildman–Crippen MR) is 76.0 cm³/mol. The van der Waals surface area contributed by atoms with Crippen LogP contribution in [0.15, 0.2) is 18.2 Å². The SMILES string of the molecule is CC1SCC(C(N)c2cc(F)ccc2F)SC1C. The third kappa shape index (κ3) is 3.00. The molecule has 1 aliphatic heterocycles. The van der Waals surface area contributed by atoms with E-state index in [9.17, 15) is 8.78 Å². The minimum absolute atomic E-state index is 0.137. The highest BCUT2D eigenvalue weighted by molar-refractivity contribution is 8.07. The van der Waals surface area contributed by atoms with Gasteiger partial charge in [-0.25, -0.2) is 8.78 Å². The largest absolute Gasteiger partial charge is 0.323 e. The highest BCUT2D eigenvalue weighted by atomic mass is 32.2. The van der Waals surface area contributed by atoms with E-state index in [1.165, 1.54) is 6.07 Å². The molecule has 0 aliphatic carbocycles. The molecule has 2 N–H and O–H groups in total. The van der Waals surface area contributed by atoms with Crippen LogP contribution < -0.4 is 5.73 Å². The monoisotopic (exact) mass is 289 g/mol. The lowest BCUT2D eigenvalue weighted by Crippen LogP contribution is -2.34. The fourth-order valence-corrected chi connectivity index (χ4v) is 5.00. The van der Waals surface area contributed by atoms with E-state index in [0.29, 0.717) is 10.5 Å². The molecule has 1 aromatic rings. The van der Waals surface area contributed by atoms with Crippen molar-refractivity contribution in [2.75, 3.05) is 5.75 Å². The van der Waals surface area contributed by atoms with E-state index < -0.39 is 17.7 Å². The molecule has 1 heterocycles. The second-order valence-corrected chi connectivity index (χ2v) is 7.64. The van der Waals surface area contributed by atoms with Gasteiger partial charge in [-0.15, -0.1) is 0 Å². The average Bonchev–Trinajstić information content (AvgIpc) is 2.35. The zero-order valence-electron chi connectivity index (χ0n) is 10.4. The van der Waals surface area contributed by atoms with Crippen molar-refractivity contribution in [2.24, 2.45) is 5.73 Å².